The molecule has 0 saturated carbocycles. The zero-order valence-corrected chi connectivity index (χ0v) is 22.7. The van der Waals surface area contributed by atoms with Crippen LogP contribution in [0.15, 0.2) is 146 Å². The third-order valence-corrected chi connectivity index (χ3v) is 7.66. The molecule has 0 unspecified atom stereocenters. The fraction of sp³-hybridized carbons (Fsp3) is 0.0263. The normalized spacial score (nSPS) is 11.0. The molecule has 3 nitrogen and oxygen atoms in total. The maximum atomic E-state index is 4.25. The summed E-state index contributed by atoms with van der Waals surface area (Å²) in [4.78, 5) is 12.4. The van der Waals surface area contributed by atoms with Crippen molar-refractivity contribution in [1.82, 2.24) is 15.0 Å². The zero-order chi connectivity index (χ0) is 27.6. The van der Waals surface area contributed by atoms with Gasteiger partial charge in [-0.2, -0.15) is 0 Å². The number of nitrogens with zero attached hydrogens (tertiary/aromatic N) is 3. The van der Waals surface area contributed by atoms with E-state index in [4.69, 9.17) is 0 Å². The first-order valence-corrected chi connectivity index (χ1v) is 13.8. The minimum atomic E-state index is 1.07. The second-order valence-electron chi connectivity index (χ2n) is 10.2. The molecule has 0 atom stereocenters. The summed E-state index contributed by atoms with van der Waals surface area (Å²) in [6.07, 6.45) is 9.23. The second kappa shape index (κ2) is 10.6. The Kier molecular flexibility index (Phi) is 6.38. The lowest BCUT2D eigenvalue weighted by Gasteiger charge is -2.16. The molecule has 5 aromatic carbocycles. The third-order valence-electron chi connectivity index (χ3n) is 7.66. The van der Waals surface area contributed by atoms with Crippen LogP contribution in [0.2, 0.25) is 0 Å². The van der Waals surface area contributed by atoms with Gasteiger partial charge in [0.1, 0.15) is 0 Å². The van der Waals surface area contributed by atoms with Gasteiger partial charge in [0.25, 0.3) is 0 Å². The first kappa shape index (κ1) is 24.6. The van der Waals surface area contributed by atoms with Gasteiger partial charge in [-0.15, -0.1) is 0 Å². The molecule has 0 radical (unpaired) electrons. The summed E-state index contributed by atoms with van der Waals surface area (Å²) in [5.41, 5.74) is 8.30. The van der Waals surface area contributed by atoms with Crippen LogP contribution < -0.4 is 0 Å². The SMILES string of the molecule is Cc1ccccn1.c1cncc(-c2ccc(-c3ccc4ccc5c(-c6ccncc6)ccc6ccc3c4c65)cc2)c1. The molecular formula is C38H27N3. The van der Waals surface area contributed by atoms with Crippen molar-refractivity contribution in [3.63, 3.8) is 0 Å². The first-order valence-electron chi connectivity index (χ1n) is 13.8. The average Bonchev–Trinajstić information content (AvgIpc) is 3.05. The fourth-order valence-electron chi connectivity index (χ4n) is 5.66. The standard InChI is InChI=1S/C32H20N2.C6H7N/c1-2-26(20-34-17-1)21-3-5-22(6-4-21)27-11-7-24-10-14-30-28(23-15-18-33-19-16-23)12-8-25-9-13-29(27)31(24)32(25)30;1-6-4-2-3-5-7-6/h1-20H;2-5H,1H3. The topological polar surface area (TPSA) is 38.7 Å². The van der Waals surface area contributed by atoms with Crippen LogP contribution in [0.5, 0.6) is 0 Å². The largest absolute Gasteiger partial charge is 0.265 e. The van der Waals surface area contributed by atoms with Crippen LogP contribution in [-0.4, -0.2) is 15.0 Å². The minimum absolute atomic E-state index is 1.07. The van der Waals surface area contributed by atoms with Gasteiger partial charge in [0.2, 0.25) is 0 Å². The van der Waals surface area contributed by atoms with Crippen molar-refractivity contribution in [3.05, 3.63) is 152 Å². The molecule has 8 aromatic rings. The van der Waals surface area contributed by atoms with Crippen molar-refractivity contribution in [3.8, 4) is 33.4 Å². The van der Waals surface area contributed by atoms with E-state index in [1.165, 1.54) is 60.1 Å². The maximum absolute atomic E-state index is 4.25. The lowest BCUT2D eigenvalue weighted by Crippen LogP contribution is -1.89. The van der Waals surface area contributed by atoms with Gasteiger partial charge in [-0.05, 0) is 103 Å². The molecule has 8 rings (SSSR count). The van der Waals surface area contributed by atoms with Crippen molar-refractivity contribution >= 4 is 32.3 Å². The van der Waals surface area contributed by atoms with Crippen molar-refractivity contribution in [1.29, 1.82) is 0 Å². The number of aryl methyl sites for hydroxylation is 1. The molecule has 0 N–H and O–H groups in total. The van der Waals surface area contributed by atoms with Gasteiger partial charge in [0.05, 0.1) is 0 Å². The molecule has 41 heavy (non-hydrogen) atoms. The quantitative estimate of drug-likeness (QED) is 0.216. The van der Waals surface area contributed by atoms with Crippen LogP contribution in [-0.2, 0) is 0 Å². The van der Waals surface area contributed by atoms with Gasteiger partial charge in [0.15, 0.2) is 0 Å². The molecule has 0 aliphatic rings. The predicted octanol–water partition coefficient (Wildman–Crippen LogP) is 9.77. The molecule has 3 heteroatoms. The summed E-state index contributed by atoms with van der Waals surface area (Å²) in [6, 6.07) is 40.9. The van der Waals surface area contributed by atoms with E-state index in [0.717, 1.165) is 11.3 Å². The number of aromatic nitrogens is 3. The molecule has 0 fully saturated rings. The Hall–Kier alpha value is -5.41. The maximum Gasteiger partial charge on any atom is 0.0372 e. The smallest absolute Gasteiger partial charge is 0.0372 e. The highest BCUT2D eigenvalue weighted by atomic mass is 14.6. The van der Waals surface area contributed by atoms with Crippen LogP contribution in [0, 0.1) is 6.92 Å². The highest BCUT2D eigenvalue weighted by Gasteiger charge is 2.14. The van der Waals surface area contributed by atoms with Gasteiger partial charge in [-0.25, -0.2) is 0 Å². The summed E-state index contributed by atoms with van der Waals surface area (Å²) >= 11 is 0. The van der Waals surface area contributed by atoms with Crippen LogP contribution >= 0.6 is 0 Å². The Labute approximate surface area is 239 Å². The van der Waals surface area contributed by atoms with Gasteiger partial charge in [-0.3, -0.25) is 15.0 Å². The monoisotopic (exact) mass is 525 g/mol. The molecule has 0 amide bonds. The molecular weight excluding hydrogens is 498 g/mol. The van der Waals surface area contributed by atoms with Crippen LogP contribution in [0.4, 0.5) is 0 Å². The average molecular weight is 526 g/mol. The van der Waals surface area contributed by atoms with E-state index in [-0.39, 0.29) is 0 Å². The number of pyridine rings is 3. The van der Waals surface area contributed by atoms with E-state index in [9.17, 15) is 0 Å². The highest BCUT2D eigenvalue weighted by Crippen LogP contribution is 2.42. The molecule has 0 bridgehead atoms. The van der Waals surface area contributed by atoms with Crippen LogP contribution in [0.3, 0.4) is 0 Å². The number of hydrogen-bond acceptors (Lipinski definition) is 3. The zero-order valence-electron chi connectivity index (χ0n) is 22.7. The highest BCUT2D eigenvalue weighted by molar-refractivity contribution is 6.27. The third kappa shape index (κ3) is 4.68. The van der Waals surface area contributed by atoms with Gasteiger partial charge in [0, 0.05) is 36.7 Å². The Bertz CT molecular complexity index is 2070. The minimum Gasteiger partial charge on any atom is -0.265 e. The van der Waals surface area contributed by atoms with E-state index in [1.54, 1.807) is 6.20 Å². The summed E-state index contributed by atoms with van der Waals surface area (Å²) < 4.78 is 0. The molecule has 0 aliphatic heterocycles. The van der Waals surface area contributed by atoms with Crippen molar-refractivity contribution in [2.24, 2.45) is 0 Å². The second-order valence-corrected chi connectivity index (χ2v) is 10.2. The van der Waals surface area contributed by atoms with E-state index in [2.05, 4.69) is 106 Å². The van der Waals surface area contributed by atoms with E-state index in [0.29, 0.717) is 0 Å². The molecule has 3 heterocycles. The summed E-state index contributed by atoms with van der Waals surface area (Å²) in [7, 11) is 0. The fourth-order valence-corrected chi connectivity index (χ4v) is 5.66. The Morgan fingerprint density at radius 3 is 1.56 bits per heavy atom. The summed E-state index contributed by atoms with van der Waals surface area (Å²) in [6.45, 7) is 1.97. The first-order chi connectivity index (χ1) is 20.3. The van der Waals surface area contributed by atoms with E-state index < -0.39 is 0 Å². The van der Waals surface area contributed by atoms with E-state index in [1.807, 2.05) is 56.0 Å². The molecule has 0 spiro atoms. The Balaban J connectivity index is 0.000000348. The molecule has 194 valence electrons. The van der Waals surface area contributed by atoms with Crippen molar-refractivity contribution in [2.75, 3.05) is 0 Å². The van der Waals surface area contributed by atoms with Gasteiger partial charge in [-0.1, -0.05) is 84.9 Å². The number of hydrogen-bond donors (Lipinski definition) is 0. The lowest BCUT2D eigenvalue weighted by atomic mass is 9.87. The molecule has 3 aromatic heterocycles. The summed E-state index contributed by atoms with van der Waals surface area (Å²) in [5, 5.41) is 7.78. The van der Waals surface area contributed by atoms with Gasteiger partial charge >= 0.3 is 0 Å². The molecule has 0 saturated heterocycles. The Morgan fingerprint density at radius 2 is 1.02 bits per heavy atom. The van der Waals surface area contributed by atoms with Crippen LogP contribution in [0.1, 0.15) is 5.69 Å². The molecule has 0 aliphatic carbocycles. The number of benzene rings is 5. The van der Waals surface area contributed by atoms with E-state index >= 15 is 0 Å². The Morgan fingerprint density at radius 1 is 0.415 bits per heavy atom. The predicted molar refractivity (Wildman–Crippen MR) is 171 cm³/mol. The van der Waals surface area contributed by atoms with Crippen molar-refractivity contribution < 1.29 is 0 Å². The van der Waals surface area contributed by atoms with Gasteiger partial charge < -0.3 is 0 Å². The lowest BCUT2D eigenvalue weighted by molar-refractivity contribution is 1.20. The number of rotatable bonds is 3. The summed E-state index contributed by atoms with van der Waals surface area (Å²) in [5.74, 6) is 0. The van der Waals surface area contributed by atoms with Crippen molar-refractivity contribution in [2.45, 2.75) is 6.92 Å². The van der Waals surface area contributed by atoms with Crippen LogP contribution in [0.25, 0.3) is 65.7 Å².